The second-order valence-electron chi connectivity index (χ2n) is 9.50. The van der Waals surface area contributed by atoms with Crippen LogP contribution in [0.1, 0.15) is 31.0 Å². The Balaban J connectivity index is 1.31. The second kappa shape index (κ2) is 8.90. The topological polar surface area (TPSA) is 97.4 Å². The maximum atomic E-state index is 12.8. The molecule has 4 heterocycles. The third kappa shape index (κ3) is 3.92. The highest BCUT2D eigenvalue weighted by atomic mass is 32.2. The number of hydrogen-bond donors (Lipinski definition) is 1. The van der Waals surface area contributed by atoms with Gasteiger partial charge in [-0.05, 0) is 49.2 Å². The van der Waals surface area contributed by atoms with Crippen LogP contribution in [0.15, 0.2) is 66.9 Å². The van der Waals surface area contributed by atoms with E-state index in [-0.39, 0.29) is 12.7 Å². The standard InChI is InChI=1S/C27H28N4O4S/c1-36(32,33)27(12-4-2-5-13-27)31-15-10-19(11-16-31)26-29-24(25(30-26)21-7-3-6-14-28-21)20-8-9-22-23(17-20)35-18-34-22/h2-9,12,14,17,19H,10-11,13,15-16,18H2,1H3,(H,29,30). The van der Waals surface area contributed by atoms with Gasteiger partial charge < -0.3 is 14.5 Å². The maximum absolute atomic E-state index is 12.8. The molecule has 0 saturated carbocycles. The van der Waals surface area contributed by atoms with Crippen molar-refractivity contribution in [1.82, 2.24) is 19.9 Å². The summed E-state index contributed by atoms with van der Waals surface area (Å²) in [5.41, 5.74) is 3.42. The van der Waals surface area contributed by atoms with E-state index in [0.29, 0.717) is 25.3 Å². The molecule has 0 amide bonds. The first-order valence-electron chi connectivity index (χ1n) is 12.1. The number of hydrogen-bond acceptors (Lipinski definition) is 7. The first-order valence-corrected chi connectivity index (χ1v) is 14.0. The Morgan fingerprint density at radius 3 is 2.64 bits per heavy atom. The molecular weight excluding hydrogens is 476 g/mol. The van der Waals surface area contributed by atoms with E-state index in [9.17, 15) is 8.42 Å². The molecule has 2 aromatic heterocycles. The number of likely N-dealkylation sites (tertiary alicyclic amines) is 1. The summed E-state index contributed by atoms with van der Waals surface area (Å²) in [6.07, 6.45) is 12.8. The summed E-state index contributed by atoms with van der Waals surface area (Å²) < 4.78 is 36.7. The number of benzene rings is 1. The highest BCUT2D eigenvalue weighted by Crippen LogP contribution is 2.41. The van der Waals surface area contributed by atoms with E-state index < -0.39 is 14.7 Å². The van der Waals surface area contributed by atoms with Crippen molar-refractivity contribution in [2.45, 2.75) is 30.1 Å². The zero-order chi connectivity index (χ0) is 24.8. The summed E-state index contributed by atoms with van der Waals surface area (Å²) >= 11 is 0. The van der Waals surface area contributed by atoms with E-state index in [1.807, 2.05) is 60.7 Å². The zero-order valence-electron chi connectivity index (χ0n) is 20.1. The molecule has 0 bridgehead atoms. The number of nitrogens with zero attached hydrogens (tertiary/aromatic N) is 3. The average molecular weight is 505 g/mol. The molecule has 2 aliphatic heterocycles. The lowest BCUT2D eigenvalue weighted by Crippen LogP contribution is -2.55. The molecule has 8 nitrogen and oxygen atoms in total. The predicted molar refractivity (Wildman–Crippen MR) is 137 cm³/mol. The highest BCUT2D eigenvalue weighted by Gasteiger charge is 2.45. The quantitative estimate of drug-likeness (QED) is 0.553. The Labute approximate surface area is 210 Å². The normalized spacial score (nSPS) is 22.2. The SMILES string of the molecule is CS(=O)(=O)C1(N2CCC(c3nc(-c4ccc5c(c4)OCO5)c(-c4ccccn4)[nH]3)CC2)C=CC=CC1. The molecule has 6 rings (SSSR count). The third-order valence-electron chi connectivity index (χ3n) is 7.36. The van der Waals surface area contributed by atoms with Gasteiger partial charge in [-0.2, -0.15) is 0 Å². The molecule has 9 heteroatoms. The molecule has 1 unspecified atom stereocenters. The molecule has 36 heavy (non-hydrogen) atoms. The van der Waals surface area contributed by atoms with Crippen molar-refractivity contribution in [2.75, 3.05) is 26.1 Å². The van der Waals surface area contributed by atoms with E-state index >= 15 is 0 Å². The predicted octanol–water partition coefficient (Wildman–Crippen LogP) is 4.30. The van der Waals surface area contributed by atoms with E-state index in [1.54, 1.807) is 6.20 Å². The van der Waals surface area contributed by atoms with Crippen molar-refractivity contribution in [3.8, 4) is 34.1 Å². The molecule has 186 valence electrons. The number of ether oxygens (including phenoxy) is 2. The van der Waals surface area contributed by atoms with Gasteiger partial charge in [0, 0.05) is 43.4 Å². The smallest absolute Gasteiger partial charge is 0.231 e. The first kappa shape index (κ1) is 23.0. The van der Waals surface area contributed by atoms with E-state index in [1.165, 1.54) is 6.26 Å². The summed E-state index contributed by atoms with van der Waals surface area (Å²) in [6.45, 7) is 1.57. The van der Waals surface area contributed by atoms with Crippen LogP contribution >= 0.6 is 0 Å². The third-order valence-corrected chi connectivity index (χ3v) is 9.21. The van der Waals surface area contributed by atoms with Gasteiger partial charge in [-0.3, -0.25) is 9.88 Å². The number of aromatic nitrogens is 3. The molecule has 0 radical (unpaired) electrons. The van der Waals surface area contributed by atoms with Gasteiger partial charge in [0.1, 0.15) is 10.7 Å². The van der Waals surface area contributed by atoms with Gasteiger partial charge in [0.05, 0.1) is 17.1 Å². The Morgan fingerprint density at radius 2 is 1.92 bits per heavy atom. The molecule has 0 spiro atoms. The number of rotatable bonds is 5. The van der Waals surface area contributed by atoms with Gasteiger partial charge in [0.25, 0.3) is 0 Å². The summed E-state index contributed by atoms with van der Waals surface area (Å²) in [4.78, 5) is 14.3. The van der Waals surface area contributed by atoms with Crippen LogP contribution < -0.4 is 9.47 Å². The number of pyridine rings is 1. The lowest BCUT2D eigenvalue weighted by atomic mass is 9.93. The fraction of sp³-hybridized carbons (Fsp3) is 0.333. The average Bonchev–Trinajstić information content (AvgIpc) is 3.56. The summed E-state index contributed by atoms with van der Waals surface area (Å²) in [5, 5.41) is 0. The number of H-pyrrole nitrogens is 1. The van der Waals surface area contributed by atoms with Crippen LogP contribution in [0.4, 0.5) is 0 Å². The van der Waals surface area contributed by atoms with Crippen LogP contribution in [0.2, 0.25) is 0 Å². The van der Waals surface area contributed by atoms with Crippen LogP contribution in [0.5, 0.6) is 11.5 Å². The highest BCUT2D eigenvalue weighted by molar-refractivity contribution is 7.92. The Kier molecular flexibility index (Phi) is 5.69. The van der Waals surface area contributed by atoms with E-state index in [0.717, 1.165) is 47.1 Å². The molecule has 1 N–H and O–H groups in total. The van der Waals surface area contributed by atoms with Crippen molar-refractivity contribution in [2.24, 2.45) is 0 Å². The van der Waals surface area contributed by atoms with Gasteiger partial charge in [0.15, 0.2) is 21.3 Å². The maximum Gasteiger partial charge on any atom is 0.231 e. The van der Waals surface area contributed by atoms with Crippen molar-refractivity contribution < 1.29 is 17.9 Å². The van der Waals surface area contributed by atoms with Crippen LogP contribution in [-0.2, 0) is 9.84 Å². The monoisotopic (exact) mass is 504 g/mol. The van der Waals surface area contributed by atoms with Crippen molar-refractivity contribution in [3.05, 3.63) is 72.7 Å². The van der Waals surface area contributed by atoms with Crippen LogP contribution in [0, 0.1) is 0 Å². The minimum Gasteiger partial charge on any atom is -0.454 e. The summed E-state index contributed by atoms with van der Waals surface area (Å²) in [7, 11) is -3.31. The fourth-order valence-electron chi connectivity index (χ4n) is 5.40. The van der Waals surface area contributed by atoms with Crippen LogP contribution in [-0.4, -0.2) is 59.3 Å². The Bertz CT molecular complexity index is 1440. The van der Waals surface area contributed by atoms with E-state index in [2.05, 4.69) is 14.9 Å². The molecule has 1 saturated heterocycles. The first-order chi connectivity index (χ1) is 17.4. The molecule has 3 aromatic rings. The van der Waals surface area contributed by atoms with E-state index in [4.69, 9.17) is 14.5 Å². The molecular formula is C27H28N4O4S. The Hall–Kier alpha value is -3.43. The number of piperidine rings is 1. The van der Waals surface area contributed by atoms with Crippen LogP contribution in [0.25, 0.3) is 22.6 Å². The molecule has 3 aliphatic rings. The summed E-state index contributed by atoms with van der Waals surface area (Å²) in [6, 6.07) is 11.7. The van der Waals surface area contributed by atoms with Crippen LogP contribution in [0.3, 0.4) is 0 Å². The zero-order valence-corrected chi connectivity index (χ0v) is 20.9. The fourth-order valence-corrected chi connectivity index (χ4v) is 6.77. The lowest BCUT2D eigenvalue weighted by Gasteiger charge is -2.44. The van der Waals surface area contributed by atoms with Gasteiger partial charge in [0.2, 0.25) is 6.79 Å². The minimum absolute atomic E-state index is 0.186. The number of sulfone groups is 1. The number of fused-ring (bicyclic) bond motifs is 1. The van der Waals surface area contributed by atoms with Gasteiger partial charge in [-0.15, -0.1) is 0 Å². The number of imidazole rings is 1. The number of allylic oxidation sites excluding steroid dienone is 2. The molecule has 1 fully saturated rings. The number of aromatic amines is 1. The Morgan fingerprint density at radius 1 is 1.08 bits per heavy atom. The lowest BCUT2D eigenvalue weighted by molar-refractivity contribution is 0.148. The molecule has 1 atom stereocenters. The van der Waals surface area contributed by atoms with Crippen molar-refractivity contribution >= 4 is 9.84 Å². The summed E-state index contributed by atoms with van der Waals surface area (Å²) in [5.74, 6) is 2.52. The molecule has 1 aliphatic carbocycles. The van der Waals surface area contributed by atoms with Gasteiger partial charge in [-0.1, -0.05) is 24.3 Å². The van der Waals surface area contributed by atoms with Gasteiger partial charge in [-0.25, -0.2) is 13.4 Å². The second-order valence-corrected chi connectivity index (χ2v) is 11.7. The largest absolute Gasteiger partial charge is 0.454 e. The molecule has 1 aromatic carbocycles. The minimum atomic E-state index is -3.31. The van der Waals surface area contributed by atoms with Crippen molar-refractivity contribution in [3.63, 3.8) is 0 Å². The number of nitrogens with one attached hydrogen (secondary N) is 1. The van der Waals surface area contributed by atoms with Crippen molar-refractivity contribution in [1.29, 1.82) is 0 Å². The van der Waals surface area contributed by atoms with Gasteiger partial charge >= 0.3 is 0 Å².